The van der Waals surface area contributed by atoms with Gasteiger partial charge in [-0.05, 0) is 84.9 Å². The van der Waals surface area contributed by atoms with Crippen molar-refractivity contribution in [3.63, 3.8) is 0 Å². The molecule has 0 saturated carbocycles. The summed E-state index contributed by atoms with van der Waals surface area (Å²) >= 11 is 0. The van der Waals surface area contributed by atoms with Crippen molar-refractivity contribution in [3.05, 3.63) is 30.2 Å². The van der Waals surface area contributed by atoms with Crippen LogP contribution in [0.25, 0.3) is 0 Å². The fourth-order valence-corrected chi connectivity index (χ4v) is 6.53. The van der Waals surface area contributed by atoms with Crippen molar-refractivity contribution < 1.29 is 22.6 Å². The van der Waals surface area contributed by atoms with Gasteiger partial charge in [0.05, 0.1) is 6.20 Å². The van der Waals surface area contributed by atoms with Gasteiger partial charge in [0.25, 0.3) is 0 Å². The molecule has 2 aromatic rings. The molecule has 3 fully saturated rings. The van der Waals surface area contributed by atoms with Gasteiger partial charge in [0, 0.05) is 48.5 Å². The number of benzene rings is 1. The number of ether oxygens (including phenoxy) is 2. The van der Waals surface area contributed by atoms with Crippen LogP contribution in [0.15, 0.2) is 24.4 Å². The standard InChI is InChI=1S/C29H41F3N6O2/c1-18(2)37-12-9-22(10-13-37)39-24-8-7-19(15-25(24)40-27(31)32)35-28-33-17-23(30)26(36-28)34-20-14-21-6-5-11-38(21)29(3,4)16-20/h7-8,15,17-18,20-22,27H,5-6,9-14,16H2,1-4H3,(H2,33,34,35,36)/t20-,21-/m0/s1. The number of piperidine rings is 2. The normalized spacial score (nSPS) is 23.8. The van der Waals surface area contributed by atoms with E-state index in [1.54, 1.807) is 12.1 Å². The average molecular weight is 563 g/mol. The molecular formula is C29H41F3N6O2. The molecule has 3 aliphatic heterocycles. The van der Waals surface area contributed by atoms with Crippen molar-refractivity contribution in [1.29, 1.82) is 0 Å². The molecule has 0 aliphatic carbocycles. The number of alkyl halides is 2. The lowest BCUT2D eigenvalue weighted by atomic mass is 9.84. The molecule has 1 aromatic carbocycles. The van der Waals surface area contributed by atoms with Crippen molar-refractivity contribution in [3.8, 4) is 11.5 Å². The topological polar surface area (TPSA) is 74.8 Å². The maximum atomic E-state index is 14.7. The van der Waals surface area contributed by atoms with E-state index >= 15 is 0 Å². The number of halogens is 3. The maximum Gasteiger partial charge on any atom is 0.387 e. The molecule has 3 saturated heterocycles. The molecule has 0 bridgehead atoms. The van der Waals surface area contributed by atoms with Crippen LogP contribution in [0.1, 0.15) is 66.2 Å². The summed E-state index contributed by atoms with van der Waals surface area (Å²) in [7, 11) is 0. The summed E-state index contributed by atoms with van der Waals surface area (Å²) in [5, 5.41) is 6.31. The van der Waals surface area contributed by atoms with Crippen LogP contribution in [0.5, 0.6) is 11.5 Å². The number of hydrogen-bond donors (Lipinski definition) is 2. The zero-order chi connectivity index (χ0) is 28.4. The van der Waals surface area contributed by atoms with E-state index < -0.39 is 12.4 Å². The summed E-state index contributed by atoms with van der Waals surface area (Å²) in [6, 6.07) is 5.76. The summed E-state index contributed by atoms with van der Waals surface area (Å²) in [5.41, 5.74) is 0.452. The Morgan fingerprint density at radius 2 is 1.85 bits per heavy atom. The summed E-state index contributed by atoms with van der Waals surface area (Å²) in [6.45, 7) is 8.68. The SMILES string of the molecule is CC(C)N1CCC(Oc2ccc(Nc3ncc(F)c(N[C@H]4C[C@@H]5CCCN5C(C)(C)C4)n3)cc2OC(F)F)CC1. The molecule has 0 unspecified atom stereocenters. The van der Waals surface area contributed by atoms with Crippen molar-refractivity contribution in [2.24, 2.45) is 0 Å². The summed E-state index contributed by atoms with van der Waals surface area (Å²) in [6.07, 6.45) is 6.80. The third-order valence-corrected chi connectivity index (χ3v) is 8.46. The van der Waals surface area contributed by atoms with E-state index in [-0.39, 0.29) is 40.9 Å². The maximum absolute atomic E-state index is 14.7. The molecule has 0 radical (unpaired) electrons. The quantitative estimate of drug-likeness (QED) is 0.384. The van der Waals surface area contributed by atoms with E-state index in [1.165, 1.54) is 12.5 Å². The van der Waals surface area contributed by atoms with Gasteiger partial charge in [-0.25, -0.2) is 9.37 Å². The van der Waals surface area contributed by atoms with Crippen LogP contribution in [-0.2, 0) is 0 Å². The first-order valence-corrected chi connectivity index (χ1v) is 14.4. The van der Waals surface area contributed by atoms with Crippen LogP contribution in [0.3, 0.4) is 0 Å². The van der Waals surface area contributed by atoms with Gasteiger partial charge in [-0.1, -0.05) is 0 Å². The number of aromatic nitrogens is 2. The summed E-state index contributed by atoms with van der Waals surface area (Å²) in [5.74, 6) is -0.0683. The van der Waals surface area contributed by atoms with Gasteiger partial charge in [0.2, 0.25) is 5.95 Å². The Labute approximate surface area is 234 Å². The first-order valence-electron chi connectivity index (χ1n) is 14.4. The average Bonchev–Trinajstić information content (AvgIpc) is 3.37. The second-order valence-corrected chi connectivity index (χ2v) is 12.1. The minimum absolute atomic E-state index is 0.0258. The van der Waals surface area contributed by atoms with E-state index in [4.69, 9.17) is 9.47 Å². The first kappa shape index (κ1) is 28.7. The fourth-order valence-electron chi connectivity index (χ4n) is 6.53. The molecule has 40 heavy (non-hydrogen) atoms. The van der Waals surface area contributed by atoms with Gasteiger partial charge < -0.3 is 25.0 Å². The number of likely N-dealkylation sites (tertiary alicyclic amines) is 1. The Hall–Kier alpha value is -2.79. The Balaban J connectivity index is 1.27. The highest BCUT2D eigenvalue weighted by atomic mass is 19.3. The molecule has 4 heterocycles. The van der Waals surface area contributed by atoms with Crippen molar-refractivity contribution in [2.45, 2.75) is 103 Å². The van der Waals surface area contributed by atoms with Crippen LogP contribution in [0.4, 0.5) is 30.6 Å². The number of nitrogens with one attached hydrogen (secondary N) is 2. The fraction of sp³-hybridized carbons (Fsp3) is 0.655. The molecule has 2 N–H and O–H groups in total. The number of hydrogen-bond acceptors (Lipinski definition) is 8. The molecule has 11 heteroatoms. The Morgan fingerprint density at radius 1 is 1.07 bits per heavy atom. The Kier molecular flexibility index (Phi) is 8.61. The Bertz CT molecular complexity index is 1160. The zero-order valence-electron chi connectivity index (χ0n) is 23.8. The van der Waals surface area contributed by atoms with Gasteiger partial charge >= 0.3 is 6.61 Å². The highest BCUT2D eigenvalue weighted by Gasteiger charge is 2.43. The molecular weight excluding hydrogens is 521 g/mol. The van der Waals surface area contributed by atoms with Crippen LogP contribution >= 0.6 is 0 Å². The second kappa shape index (κ2) is 12.0. The smallest absolute Gasteiger partial charge is 0.387 e. The van der Waals surface area contributed by atoms with Crippen molar-refractivity contribution in [2.75, 3.05) is 30.3 Å². The van der Waals surface area contributed by atoms with Gasteiger partial charge in [-0.15, -0.1) is 0 Å². The van der Waals surface area contributed by atoms with Crippen LogP contribution < -0.4 is 20.1 Å². The minimum atomic E-state index is -3.01. The third-order valence-electron chi connectivity index (χ3n) is 8.46. The van der Waals surface area contributed by atoms with E-state index in [0.717, 1.165) is 57.9 Å². The third kappa shape index (κ3) is 6.74. The van der Waals surface area contributed by atoms with Crippen LogP contribution in [0, 0.1) is 5.82 Å². The lowest BCUT2D eigenvalue weighted by molar-refractivity contribution is -0.0525. The summed E-state index contributed by atoms with van der Waals surface area (Å²) < 4.78 is 52.1. The van der Waals surface area contributed by atoms with Gasteiger partial charge in [0.15, 0.2) is 23.1 Å². The predicted molar refractivity (Wildman–Crippen MR) is 149 cm³/mol. The molecule has 0 amide bonds. The molecule has 2 atom stereocenters. The molecule has 3 aliphatic rings. The molecule has 8 nitrogen and oxygen atoms in total. The molecule has 0 spiro atoms. The highest BCUT2D eigenvalue weighted by molar-refractivity contribution is 5.60. The van der Waals surface area contributed by atoms with E-state index in [0.29, 0.717) is 17.8 Å². The van der Waals surface area contributed by atoms with Crippen molar-refractivity contribution >= 4 is 17.5 Å². The molecule has 1 aromatic heterocycles. The first-order chi connectivity index (χ1) is 19.1. The van der Waals surface area contributed by atoms with E-state index in [1.807, 2.05) is 0 Å². The van der Waals surface area contributed by atoms with Gasteiger partial charge in [-0.3, -0.25) is 4.90 Å². The molecule has 5 rings (SSSR count). The number of fused-ring (bicyclic) bond motifs is 1. The van der Waals surface area contributed by atoms with Crippen molar-refractivity contribution in [1.82, 2.24) is 19.8 Å². The zero-order valence-corrected chi connectivity index (χ0v) is 23.8. The summed E-state index contributed by atoms with van der Waals surface area (Å²) in [4.78, 5) is 13.4. The minimum Gasteiger partial charge on any atom is -0.486 e. The second-order valence-electron chi connectivity index (χ2n) is 12.1. The number of rotatable bonds is 9. The lowest BCUT2D eigenvalue weighted by Gasteiger charge is -2.47. The number of anilines is 3. The predicted octanol–water partition coefficient (Wildman–Crippen LogP) is 6.03. The van der Waals surface area contributed by atoms with Gasteiger partial charge in [0.1, 0.15) is 6.10 Å². The monoisotopic (exact) mass is 562 g/mol. The number of nitrogens with zero attached hydrogens (tertiary/aromatic N) is 4. The van der Waals surface area contributed by atoms with E-state index in [9.17, 15) is 13.2 Å². The largest absolute Gasteiger partial charge is 0.486 e. The Morgan fingerprint density at radius 3 is 2.58 bits per heavy atom. The molecule has 220 valence electrons. The lowest BCUT2D eigenvalue weighted by Crippen LogP contribution is -2.55. The van der Waals surface area contributed by atoms with E-state index in [2.05, 4.69) is 58.1 Å². The van der Waals surface area contributed by atoms with Crippen LogP contribution in [-0.4, -0.2) is 75.8 Å². The highest BCUT2D eigenvalue weighted by Crippen LogP contribution is 2.39. The van der Waals surface area contributed by atoms with Gasteiger partial charge in [-0.2, -0.15) is 13.8 Å². The van der Waals surface area contributed by atoms with Crippen LogP contribution in [0.2, 0.25) is 0 Å².